The van der Waals surface area contributed by atoms with Crippen molar-refractivity contribution < 1.29 is 19.5 Å². The minimum Gasteiger partial charge on any atom is -0.390 e. The summed E-state index contributed by atoms with van der Waals surface area (Å²) in [6.07, 6.45) is 8.56. The van der Waals surface area contributed by atoms with Crippen molar-refractivity contribution in [3.8, 4) is 0 Å². The van der Waals surface area contributed by atoms with E-state index in [-0.39, 0.29) is 30.3 Å². The second-order valence-electron chi connectivity index (χ2n) is 12.4. The van der Waals surface area contributed by atoms with Gasteiger partial charge in [0, 0.05) is 55.6 Å². The lowest BCUT2D eigenvalue weighted by Crippen LogP contribution is -2.53. The van der Waals surface area contributed by atoms with Crippen molar-refractivity contribution >= 4 is 29.1 Å². The number of aliphatic hydroxyl groups excluding tert-OH is 1. The number of carbonyl (C=O) groups is 3. The summed E-state index contributed by atoms with van der Waals surface area (Å²) in [5.74, 6) is -0.280. The molecule has 1 aliphatic carbocycles. The van der Waals surface area contributed by atoms with E-state index in [1.54, 1.807) is 17.9 Å². The lowest BCUT2D eigenvalue weighted by Gasteiger charge is -2.28. The van der Waals surface area contributed by atoms with E-state index in [2.05, 4.69) is 20.9 Å². The Hall–Kier alpha value is -3.43. The van der Waals surface area contributed by atoms with Crippen molar-refractivity contribution in [3.05, 3.63) is 59.7 Å². The van der Waals surface area contributed by atoms with Crippen molar-refractivity contribution in [2.24, 2.45) is 0 Å². The fraction of sp³-hybridized carbons (Fsp3) is 0.559. The van der Waals surface area contributed by atoms with Crippen LogP contribution >= 0.6 is 0 Å². The van der Waals surface area contributed by atoms with E-state index in [0.29, 0.717) is 24.9 Å². The zero-order valence-electron chi connectivity index (χ0n) is 25.4. The predicted molar refractivity (Wildman–Crippen MR) is 169 cm³/mol. The van der Waals surface area contributed by atoms with Crippen LogP contribution in [-0.4, -0.2) is 73.2 Å². The molecule has 0 bridgehead atoms. The van der Waals surface area contributed by atoms with E-state index in [9.17, 15) is 19.5 Å². The molecular weight excluding hydrogens is 542 g/mol. The smallest absolute Gasteiger partial charge is 0.251 e. The highest BCUT2D eigenvalue weighted by Crippen LogP contribution is 2.30. The molecule has 232 valence electrons. The number of rotatable bonds is 12. The second kappa shape index (κ2) is 14.8. The van der Waals surface area contributed by atoms with Gasteiger partial charge in [-0.3, -0.25) is 14.4 Å². The molecule has 3 fully saturated rings. The van der Waals surface area contributed by atoms with Crippen molar-refractivity contribution in [1.29, 1.82) is 0 Å². The van der Waals surface area contributed by atoms with Crippen molar-refractivity contribution in [3.63, 3.8) is 0 Å². The Morgan fingerprint density at radius 1 is 0.930 bits per heavy atom. The summed E-state index contributed by atoms with van der Waals surface area (Å²) in [5.41, 5.74) is 3.15. The highest BCUT2D eigenvalue weighted by Gasteiger charge is 2.28. The molecule has 3 amide bonds. The highest BCUT2D eigenvalue weighted by molar-refractivity contribution is 6.00. The third kappa shape index (κ3) is 8.36. The summed E-state index contributed by atoms with van der Waals surface area (Å²) in [4.78, 5) is 43.2. The van der Waals surface area contributed by atoms with Crippen LogP contribution in [0, 0.1) is 0 Å². The number of amides is 3. The topological polar surface area (TPSA) is 114 Å². The molecule has 5 rings (SSSR count). The van der Waals surface area contributed by atoms with Crippen LogP contribution in [0.1, 0.15) is 80.6 Å². The van der Waals surface area contributed by atoms with Gasteiger partial charge in [-0.15, -0.1) is 0 Å². The summed E-state index contributed by atoms with van der Waals surface area (Å²) in [6.45, 7) is 4.45. The zero-order valence-corrected chi connectivity index (χ0v) is 25.4. The first-order valence-electron chi connectivity index (χ1n) is 16.1. The lowest BCUT2D eigenvalue weighted by atomic mass is 9.95. The van der Waals surface area contributed by atoms with Crippen LogP contribution in [0.5, 0.6) is 0 Å². The van der Waals surface area contributed by atoms with Gasteiger partial charge in [-0.05, 0) is 69.2 Å². The molecule has 0 spiro atoms. The Bertz CT molecular complexity index is 1240. The molecule has 1 unspecified atom stereocenters. The number of nitrogens with zero attached hydrogens (tertiary/aromatic N) is 2. The monoisotopic (exact) mass is 589 g/mol. The first kappa shape index (κ1) is 31.0. The molecule has 9 heteroatoms. The quantitative estimate of drug-likeness (QED) is 0.301. The van der Waals surface area contributed by atoms with Gasteiger partial charge < -0.3 is 30.9 Å². The Kier molecular flexibility index (Phi) is 10.7. The van der Waals surface area contributed by atoms with Crippen molar-refractivity contribution in [2.45, 2.75) is 95.4 Å². The van der Waals surface area contributed by atoms with Gasteiger partial charge >= 0.3 is 0 Å². The molecule has 2 saturated heterocycles. The van der Waals surface area contributed by atoms with Crippen LogP contribution in [0.25, 0.3) is 0 Å². The highest BCUT2D eigenvalue weighted by atomic mass is 16.3. The first-order chi connectivity index (χ1) is 20.9. The number of aliphatic hydroxyl groups is 1. The lowest BCUT2D eigenvalue weighted by molar-refractivity contribution is -0.123. The van der Waals surface area contributed by atoms with Crippen LogP contribution in [0.15, 0.2) is 48.5 Å². The molecule has 9 nitrogen and oxygen atoms in total. The van der Waals surface area contributed by atoms with Gasteiger partial charge in [0.1, 0.15) is 0 Å². The summed E-state index contributed by atoms with van der Waals surface area (Å²) >= 11 is 0. The number of hydrogen-bond acceptors (Lipinski definition) is 6. The van der Waals surface area contributed by atoms with E-state index in [4.69, 9.17) is 0 Å². The fourth-order valence-corrected chi connectivity index (χ4v) is 6.47. The average molecular weight is 590 g/mol. The molecule has 2 aromatic rings. The molecule has 2 aromatic carbocycles. The SMILES string of the molecule is C[C@H](NC[C@@H](O)C(Cc1ccccc1)NC(=O)c1cc(N2CCCC2)cc(N2CCCC2=O)c1)C(=O)NC1CCCCC1. The summed E-state index contributed by atoms with van der Waals surface area (Å²) < 4.78 is 0. The standard InChI is InChI=1S/C34H47N5O4/c1-24(33(42)36-27-13-6-3-7-14-27)35-23-31(40)30(19-25-11-4-2-5-12-25)37-34(43)26-20-28(38-16-8-9-17-38)22-29(21-26)39-18-10-15-32(39)41/h2,4-5,11-12,20-22,24,27,30-31,35,40H,3,6-10,13-19,23H2,1H3,(H,36,42)(H,37,43)/t24-,30?,31+/m0/s1. The number of nitrogens with one attached hydrogen (secondary N) is 3. The maximum absolute atomic E-state index is 13.8. The van der Waals surface area contributed by atoms with Crippen molar-refractivity contribution in [2.75, 3.05) is 36.0 Å². The molecule has 43 heavy (non-hydrogen) atoms. The Balaban J connectivity index is 1.29. The molecule has 2 aliphatic heterocycles. The van der Waals surface area contributed by atoms with Gasteiger partial charge in [-0.25, -0.2) is 0 Å². The molecule has 3 aliphatic rings. The summed E-state index contributed by atoms with van der Waals surface area (Å²) in [5, 5.41) is 20.8. The van der Waals surface area contributed by atoms with Gasteiger partial charge in [-0.1, -0.05) is 49.6 Å². The van der Waals surface area contributed by atoms with Gasteiger partial charge in [0.25, 0.3) is 5.91 Å². The molecule has 3 atom stereocenters. The number of anilines is 2. The first-order valence-corrected chi connectivity index (χ1v) is 16.1. The zero-order chi connectivity index (χ0) is 30.2. The fourth-order valence-electron chi connectivity index (χ4n) is 6.47. The minimum atomic E-state index is -0.935. The Morgan fingerprint density at radius 2 is 1.65 bits per heavy atom. The van der Waals surface area contributed by atoms with E-state index in [1.807, 2.05) is 42.5 Å². The molecular formula is C34H47N5O4. The minimum absolute atomic E-state index is 0.0644. The van der Waals surface area contributed by atoms with Crippen LogP contribution in [0.3, 0.4) is 0 Å². The third-order valence-electron chi connectivity index (χ3n) is 9.08. The van der Waals surface area contributed by atoms with Crippen LogP contribution in [0.2, 0.25) is 0 Å². The van der Waals surface area contributed by atoms with Crippen LogP contribution in [-0.2, 0) is 16.0 Å². The van der Waals surface area contributed by atoms with Gasteiger partial charge in [-0.2, -0.15) is 0 Å². The second-order valence-corrected chi connectivity index (χ2v) is 12.4. The van der Waals surface area contributed by atoms with E-state index >= 15 is 0 Å². The summed E-state index contributed by atoms with van der Waals surface area (Å²) in [7, 11) is 0. The molecule has 0 aromatic heterocycles. The number of benzene rings is 2. The maximum Gasteiger partial charge on any atom is 0.251 e. The Morgan fingerprint density at radius 3 is 2.35 bits per heavy atom. The summed E-state index contributed by atoms with van der Waals surface area (Å²) in [6, 6.07) is 14.6. The number of carbonyl (C=O) groups excluding carboxylic acids is 3. The largest absolute Gasteiger partial charge is 0.390 e. The van der Waals surface area contributed by atoms with Gasteiger partial charge in [0.15, 0.2) is 0 Å². The van der Waals surface area contributed by atoms with E-state index in [0.717, 1.165) is 75.0 Å². The molecule has 1 saturated carbocycles. The van der Waals surface area contributed by atoms with Gasteiger partial charge in [0.2, 0.25) is 11.8 Å². The molecule has 4 N–H and O–H groups in total. The molecule has 0 radical (unpaired) electrons. The average Bonchev–Trinajstić information content (AvgIpc) is 3.72. The normalized spacial score (nSPS) is 19.7. The number of hydrogen-bond donors (Lipinski definition) is 4. The predicted octanol–water partition coefficient (Wildman–Crippen LogP) is 3.54. The van der Waals surface area contributed by atoms with E-state index < -0.39 is 18.2 Å². The van der Waals surface area contributed by atoms with Crippen LogP contribution in [0.4, 0.5) is 11.4 Å². The molecule has 2 heterocycles. The van der Waals surface area contributed by atoms with Crippen LogP contribution < -0.4 is 25.8 Å². The Labute approximate surface area is 255 Å². The third-order valence-corrected chi connectivity index (χ3v) is 9.08. The van der Waals surface area contributed by atoms with E-state index in [1.165, 1.54) is 6.42 Å². The van der Waals surface area contributed by atoms with Crippen molar-refractivity contribution in [1.82, 2.24) is 16.0 Å². The maximum atomic E-state index is 13.8. The van der Waals surface area contributed by atoms with Gasteiger partial charge in [0.05, 0.1) is 18.2 Å².